The lowest BCUT2D eigenvalue weighted by atomic mass is 10.1. The van der Waals surface area contributed by atoms with E-state index in [9.17, 15) is 4.79 Å². The summed E-state index contributed by atoms with van der Waals surface area (Å²) in [6.07, 6.45) is 0.155. The largest absolute Gasteiger partial charge is 0.466 e. The van der Waals surface area contributed by atoms with Crippen molar-refractivity contribution in [3.8, 4) is 0 Å². The quantitative estimate of drug-likeness (QED) is 0.626. The Bertz CT molecular complexity index is 380. The minimum Gasteiger partial charge on any atom is -0.466 e. The van der Waals surface area contributed by atoms with E-state index in [1.807, 2.05) is 0 Å². The molecule has 0 bridgehead atoms. The molecule has 15 heavy (non-hydrogen) atoms. The first-order valence-corrected chi connectivity index (χ1v) is 5.89. The van der Waals surface area contributed by atoms with Crippen LogP contribution in [0, 0.1) is 0 Å². The predicted molar refractivity (Wildman–Crippen MR) is 64.5 cm³/mol. The third-order valence-electron chi connectivity index (χ3n) is 1.76. The van der Waals surface area contributed by atoms with Crippen LogP contribution in [0.1, 0.15) is 12.5 Å². The number of ether oxygens (including phenoxy) is 1. The zero-order chi connectivity index (χ0) is 11.4. The van der Waals surface area contributed by atoms with Crippen molar-refractivity contribution in [2.45, 2.75) is 13.3 Å². The second-order valence-electron chi connectivity index (χ2n) is 2.82. The first-order chi connectivity index (χ1) is 7.06. The summed E-state index contributed by atoms with van der Waals surface area (Å²) in [5.41, 5.74) is 0.700. The third kappa shape index (κ3) is 3.37. The van der Waals surface area contributed by atoms with Crippen molar-refractivity contribution in [1.82, 2.24) is 0 Å². The highest BCUT2D eigenvalue weighted by Crippen LogP contribution is 2.33. The summed E-state index contributed by atoms with van der Waals surface area (Å²) < 4.78 is 5.43. The molecule has 0 atom stereocenters. The van der Waals surface area contributed by atoms with Crippen molar-refractivity contribution in [1.29, 1.82) is 0 Å². The van der Waals surface area contributed by atoms with Gasteiger partial charge in [-0.15, -0.1) is 0 Å². The Labute approximate surface area is 107 Å². The van der Waals surface area contributed by atoms with Gasteiger partial charge >= 0.3 is 5.97 Å². The molecule has 1 aromatic carbocycles. The molecule has 0 spiro atoms. The van der Waals surface area contributed by atoms with Gasteiger partial charge in [-0.2, -0.15) is 0 Å². The van der Waals surface area contributed by atoms with Crippen molar-refractivity contribution in [3.05, 3.63) is 32.2 Å². The molecule has 0 radical (unpaired) electrons. The molecule has 1 rings (SSSR count). The minimum atomic E-state index is -0.298. The van der Waals surface area contributed by atoms with Crippen LogP contribution in [-0.4, -0.2) is 12.6 Å². The Hall–Kier alpha value is -0.250. The highest BCUT2D eigenvalue weighted by atomic mass is 79.9. The van der Waals surface area contributed by atoms with Gasteiger partial charge in [-0.05, 0) is 34.5 Å². The summed E-state index contributed by atoms with van der Waals surface area (Å²) in [5.74, 6) is -0.298. The van der Waals surface area contributed by atoms with Gasteiger partial charge in [0.1, 0.15) is 0 Å². The minimum absolute atomic E-state index is 0.155. The molecule has 0 fully saturated rings. The van der Waals surface area contributed by atoms with E-state index in [0.29, 0.717) is 26.7 Å². The Balaban J connectivity index is 2.87. The number of carbonyl (C=O) groups is 1. The lowest BCUT2D eigenvalue weighted by Crippen LogP contribution is -2.07. The van der Waals surface area contributed by atoms with Gasteiger partial charge in [0.25, 0.3) is 0 Å². The highest BCUT2D eigenvalue weighted by Gasteiger charge is 2.12. The van der Waals surface area contributed by atoms with E-state index >= 15 is 0 Å². The number of carbonyl (C=O) groups excluding carboxylic acids is 1. The van der Waals surface area contributed by atoms with Crippen LogP contribution in [-0.2, 0) is 16.0 Å². The van der Waals surface area contributed by atoms with Crippen molar-refractivity contribution in [2.24, 2.45) is 0 Å². The maximum Gasteiger partial charge on any atom is 0.310 e. The predicted octanol–water partition coefficient (Wildman–Crippen LogP) is 3.86. The molecule has 82 valence electrons. The van der Waals surface area contributed by atoms with E-state index in [-0.39, 0.29) is 12.4 Å². The van der Waals surface area contributed by atoms with Crippen LogP contribution in [0.15, 0.2) is 16.6 Å². The van der Waals surface area contributed by atoms with E-state index in [1.54, 1.807) is 19.1 Å². The molecule has 0 saturated carbocycles. The molecule has 2 nitrogen and oxygen atoms in total. The van der Waals surface area contributed by atoms with Crippen LogP contribution in [0.2, 0.25) is 10.0 Å². The molecule has 5 heteroatoms. The summed E-state index contributed by atoms with van der Waals surface area (Å²) in [7, 11) is 0. The molecule has 1 aromatic rings. The van der Waals surface area contributed by atoms with Gasteiger partial charge in [0.05, 0.1) is 27.5 Å². The third-order valence-corrected chi connectivity index (χ3v) is 3.78. The molecule has 0 heterocycles. The highest BCUT2D eigenvalue weighted by molar-refractivity contribution is 9.10. The molecule has 0 amide bonds. The van der Waals surface area contributed by atoms with Gasteiger partial charge in [0.15, 0.2) is 0 Å². The topological polar surface area (TPSA) is 26.3 Å². The summed E-state index contributed by atoms with van der Waals surface area (Å²) in [6.45, 7) is 2.13. The zero-order valence-corrected chi connectivity index (χ0v) is 11.1. The van der Waals surface area contributed by atoms with Gasteiger partial charge in [-0.3, -0.25) is 4.79 Å². The molecule has 0 aliphatic rings. The van der Waals surface area contributed by atoms with Crippen molar-refractivity contribution >= 4 is 45.1 Å². The average molecular weight is 312 g/mol. The van der Waals surface area contributed by atoms with Gasteiger partial charge in [-0.1, -0.05) is 29.3 Å². The van der Waals surface area contributed by atoms with Gasteiger partial charge < -0.3 is 4.74 Å². The van der Waals surface area contributed by atoms with Gasteiger partial charge in [0.2, 0.25) is 0 Å². The summed E-state index contributed by atoms with van der Waals surface area (Å²) in [5, 5.41) is 0.975. The Morgan fingerprint density at radius 1 is 1.47 bits per heavy atom. The monoisotopic (exact) mass is 310 g/mol. The molecule has 0 N–H and O–H groups in total. The molecule has 0 aliphatic carbocycles. The van der Waals surface area contributed by atoms with E-state index < -0.39 is 0 Å². The van der Waals surface area contributed by atoms with Crippen LogP contribution in [0.4, 0.5) is 0 Å². The standard InChI is InChI=1S/C10H9BrCl2O2/c1-2-15-8(14)5-6-3-4-7(12)9(11)10(6)13/h3-4H,2,5H2,1H3. The number of hydrogen-bond donors (Lipinski definition) is 0. The first-order valence-electron chi connectivity index (χ1n) is 4.34. The van der Waals surface area contributed by atoms with E-state index in [1.165, 1.54) is 0 Å². The molecular formula is C10H9BrCl2O2. The first kappa shape index (κ1) is 12.8. The average Bonchev–Trinajstić information content (AvgIpc) is 2.20. The van der Waals surface area contributed by atoms with Crippen LogP contribution >= 0.6 is 39.1 Å². The molecule has 0 aliphatic heterocycles. The number of halogens is 3. The lowest BCUT2D eigenvalue weighted by Gasteiger charge is -2.06. The lowest BCUT2D eigenvalue weighted by molar-refractivity contribution is -0.142. The fraction of sp³-hybridized carbons (Fsp3) is 0.300. The Morgan fingerprint density at radius 3 is 2.73 bits per heavy atom. The van der Waals surface area contributed by atoms with Gasteiger partial charge in [0, 0.05) is 0 Å². The Morgan fingerprint density at radius 2 is 2.13 bits per heavy atom. The van der Waals surface area contributed by atoms with Gasteiger partial charge in [-0.25, -0.2) is 0 Å². The number of esters is 1. The SMILES string of the molecule is CCOC(=O)Cc1ccc(Cl)c(Br)c1Cl. The number of benzene rings is 1. The second kappa shape index (κ2) is 5.73. The van der Waals surface area contributed by atoms with Crippen LogP contribution < -0.4 is 0 Å². The van der Waals surface area contributed by atoms with Crippen molar-refractivity contribution in [2.75, 3.05) is 6.61 Å². The molecule has 0 aromatic heterocycles. The number of hydrogen-bond acceptors (Lipinski definition) is 2. The second-order valence-corrected chi connectivity index (χ2v) is 4.39. The van der Waals surface area contributed by atoms with E-state index in [0.717, 1.165) is 0 Å². The smallest absolute Gasteiger partial charge is 0.310 e. The molecular weight excluding hydrogens is 303 g/mol. The Kier molecular flexibility index (Phi) is 4.90. The summed E-state index contributed by atoms with van der Waals surface area (Å²) in [6, 6.07) is 3.40. The fourth-order valence-corrected chi connectivity index (χ4v) is 1.89. The maximum atomic E-state index is 11.2. The summed E-state index contributed by atoms with van der Waals surface area (Å²) >= 11 is 15.1. The molecule has 0 saturated heterocycles. The van der Waals surface area contributed by atoms with Crippen LogP contribution in [0.3, 0.4) is 0 Å². The fourth-order valence-electron chi connectivity index (χ4n) is 1.07. The zero-order valence-electron chi connectivity index (χ0n) is 8.02. The van der Waals surface area contributed by atoms with Crippen LogP contribution in [0.5, 0.6) is 0 Å². The maximum absolute atomic E-state index is 11.2. The number of rotatable bonds is 3. The van der Waals surface area contributed by atoms with E-state index in [4.69, 9.17) is 27.9 Å². The summed E-state index contributed by atoms with van der Waals surface area (Å²) in [4.78, 5) is 11.2. The van der Waals surface area contributed by atoms with Crippen LogP contribution in [0.25, 0.3) is 0 Å². The van der Waals surface area contributed by atoms with Crippen molar-refractivity contribution < 1.29 is 9.53 Å². The van der Waals surface area contributed by atoms with E-state index in [2.05, 4.69) is 15.9 Å². The normalized spacial score (nSPS) is 10.1. The molecule has 0 unspecified atom stereocenters. The van der Waals surface area contributed by atoms with Crippen molar-refractivity contribution in [3.63, 3.8) is 0 Å².